The topological polar surface area (TPSA) is 68.5 Å². The van der Waals surface area contributed by atoms with Gasteiger partial charge in [-0.3, -0.25) is 4.79 Å². The van der Waals surface area contributed by atoms with E-state index >= 15 is 0 Å². The standard InChI is InChI=1S/C17H14F3NO4/c18-17(19,20)13-6-3-12(4-7-13)5-8-16(23)25-11-15(22)21-10-14-2-1-9-24-14/h1-9H,10-11H2,(H,21,22)/b8-5+. The van der Waals surface area contributed by atoms with E-state index in [0.29, 0.717) is 11.3 Å². The summed E-state index contributed by atoms with van der Waals surface area (Å²) >= 11 is 0. The zero-order chi connectivity index (χ0) is 18.3. The Kier molecular flexibility index (Phi) is 5.99. The first-order valence-corrected chi connectivity index (χ1v) is 7.16. The van der Waals surface area contributed by atoms with Gasteiger partial charge >= 0.3 is 12.1 Å². The highest BCUT2D eigenvalue weighted by molar-refractivity contribution is 5.89. The smallest absolute Gasteiger partial charge is 0.416 e. The summed E-state index contributed by atoms with van der Waals surface area (Å²) in [6, 6.07) is 7.62. The van der Waals surface area contributed by atoms with Crippen molar-refractivity contribution in [2.75, 3.05) is 6.61 Å². The van der Waals surface area contributed by atoms with Crippen molar-refractivity contribution in [3.05, 3.63) is 65.6 Å². The summed E-state index contributed by atoms with van der Waals surface area (Å²) in [4.78, 5) is 23.0. The lowest BCUT2D eigenvalue weighted by molar-refractivity contribution is -0.143. The molecule has 25 heavy (non-hydrogen) atoms. The Morgan fingerprint density at radius 2 is 1.88 bits per heavy atom. The second kappa shape index (κ2) is 8.18. The van der Waals surface area contributed by atoms with E-state index < -0.39 is 30.2 Å². The Morgan fingerprint density at radius 1 is 1.16 bits per heavy atom. The molecule has 0 aliphatic heterocycles. The van der Waals surface area contributed by atoms with Crippen molar-refractivity contribution in [1.29, 1.82) is 0 Å². The lowest BCUT2D eigenvalue weighted by Gasteiger charge is -2.06. The molecule has 1 N–H and O–H groups in total. The lowest BCUT2D eigenvalue weighted by atomic mass is 10.1. The highest BCUT2D eigenvalue weighted by Gasteiger charge is 2.29. The maximum Gasteiger partial charge on any atom is 0.416 e. The number of nitrogens with one attached hydrogen (secondary N) is 1. The number of benzene rings is 1. The molecule has 1 amide bonds. The maximum atomic E-state index is 12.4. The third-order valence-electron chi connectivity index (χ3n) is 3.04. The molecular formula is C17H14F3NO4. The van der Waals surface area contributed by atoms with Gasteiger partial charge < -0.3 is 14.5 Å². The first kappa shape index (κ1) is 18.3. The Balaban J connectivity index is 1.75. The van der Waals surface area contributed by atoms with E-state index in [4.69, 9.17) is 9.15 Å². The largest absolute Gasteiger partial charge is 0.467 e. The van der Waals surface area contributed by atoms with Crippen LogP contribution < -0.4 is 5.32 Å². The molecule has 0 spiro atoms. The summed E-state index contributed by atoms with van der Waals surface area (Å²) < 4.78 is 47.0. The van der Waals surface area contributed by atoms with Gasteiger partial charge in [-0.15, -0.1) is 0 Å². The first-order valence-electron chi connectivity index (χ1n) is 7.16. The number of rotatable bonds is 6. The summed E-state index contributed by atoms with van der Waals surface area (Å²) in [6.07, 6.45) is -0.622. The molecule has 1 heterocycles. The van der Waals surface area contributed by atoms with Crippen LogP contribution in [-0.4, -0.2) is 18.5 Å². The first-order chi connectivity index (χ1) is 11.8. The Morgan fingerprint density at radius 3 is 2.48 bits per heavy atom. The lowest BCUT2D eigenvalue weighted by Crippen LogP contribution is -2.27. The number of carbonyl (C=O) groups is 2. The Hall–Kier alpha value is -3.03. The highest BCUT2D eigenvalue weighted by atomic mass is 19.4. The minimum absolute atomic E-state index is 0.171. The molecule has 0 saturated carbocycles. The van der Waals surface area contributed by atoms with Crippen molar-refractivity contribution in [2.45, 2.75) is 12.7 Å². The van der Waals surface area contributed by atoms with Crippen molar-refractivity contribution >= 4 is 18.0 Å². The number of furan rings is 1. The van der Waals surface area contributed by atoms with Gasteiger partial charge in [0.15, 0.2) is 6.61 Å². The molecule has 132 valence electrons. The third-order valence-corrected chi connectivity index (χ3v) is 3.04. The zero-order valence-electron chi connectivity index (χ0n) is 12.9. The molecule has 2 rings (SSSR count). The fraction of sp³-hybridized carbons (Fsp3) is 0.176. The minimum atomic E-state index is -4.41. The van der Waals surface area contributed by atoms with Crippen LogP contribution in [0.4, 0.5) is 13.2 Å². The van der Waals surface area contributed by atoms with E-state index in [1.54, 1.807) is 12.1 Å². The number of halogens is 3. The summed E-state index contributed by atoms with van der Waals surface area (Å²) in [5.74, 6) is -0.734. The quantitative estimate of drug-likeness (QED) is 0.640. The SMILES string of the molecule is O=C(COC(=O)/C=C/c1ccc(C(F)(F)F)cc1)NCc1ccco1. The van der Waals surface area contributed by atoms with Crippen LogP contribution in [0.25, 0.3) is 6.08 Å². The number of esters is 1. The monoisotopic (exact) mass is 353 g/mol. The molecule has 0 fully saturated rings. The van der Waals surface area contributed by atoms with E-state index in [2.05, 4.69) is 5.32 Å². The molecule has 8 heteroatoms. The number of alkyl halides is 3. The average molecular weight is 353 g/mol. The summed E-state index contributed by atoms with van der Waals surface area (Å²) in [5.41, 5.74) is -0.382. The third kappa shape index (κ3) is 6.17. The van der Waals surface area contributed by atoms with Crippen LogP contribution in [0.5, 0.6) is 0 Å². The molecule has 0 unspecified atom stereocenters. The number of hydrogen-bond acceptors (Lipinski definition) is 4. The van der Waals surface area contributed by atoms with Crippen LogP contribution in [0.1, 0.15) is 16.9 Å². The fourth-order valence-corrected chi connectivity index (χ4v) is 1.78. The van der Waals surface area contributed by atoms with Crippen molar-refractivity contribution in [1.82, 2.24) is 5.32 Å². The average Bonchev–Trinajstić information content (AvgIpc) is 3.09. The summed E-state index contributed by atoms with van der Waals surface area (Å²) in [5, 5.41) is 2.49. The second-order valence-electron chi connectivity index (χ2n) is 4.92. The van der Waals surface area contributed by atoms with Crippen molar-refractivity contribution in [3.63, 3.8) is 0 Å². The summed E-state index contributed by atoms with van der Waals surface area (Å²) in [7, 11) is 0. The minimum Gasteiger partial charge on any atom is -0.467 e. The van der Waals surface area contributed by atoms with Gasteiger partial charge in [-0.2, -0.15) is 13.2 Å². The van der Waals surface area contributed by atoms with Gasteiger partial charge in [0.1, 0.15) is 5.76 Å². The molecule has 1 aromatic heterocycles. The summed E-state index contributed by atoms with van der Waals surface area (Å²) in [6.45, 7) is -0.304. The predicted molar refractivity (Wildman–Crippen MR) is 82.0 cm³/mol. The van der Waals surface area contributed by atoms with Gasteiger partial charge in [0.05, 0.1) is 18.4 Å². The molecule has 0 radical (unpaired) electrons. The van der Waals surface area contributed by atoms with Gasteiger partial charge in [-0.05, 0) is 35.9 Å². The van der Waals surface area contributed by atoms with Crippen LogP contribution in [0.3, 0.4) is 0 Å². The van der Waals surface area contributed by atoms with E-state index in [1.165, 1.54) is 24.5 Å². The molecule has 0 aliphatic rings. The fourth-order valence-electron chi connectivity index (χ4n) is 1.78. The van der Waals surface area contributed by atoms with Crippen molar-refractivity contribution in [2.24, 2.45) is 0 Å². The normalized spacial score (nSPS) is 11.5. The van der Waals surface area contributed by atoms with Crippen molar-refractivity contribution < 1.29 is 31.9 Å². The molecule has 5 nitrogen and oxygen atoms in total. The molecule has 1 aromatic carbocycles. The molecule has 0 bridgehead atoms. The van der Waals surface area contributed by atoms with Crippen LogP contribution >= 0.6 is 0 Å². The van der Waals surface area contributed by atoms with Crippen LogP contribution in [-0.2, 0) is 27.0 Å². The highest BCUT2D eigenvalue weighted by Crippen LogP contribution is 2.29. The van der Waals surface area contributed by atoms with Gasteiger partial charge in [-0.1, -0.05) is 12.1 Å². The number of ether oxygens (including phenoxy) is 1. The number of hydrogen-bond donors (Lipinski definition) is 1. The number of amides is 1. The molecule has 0 atom stereocenters. The Labute approximate surface area is 141 Å². The van der Waals surface area contributed by atoms with E-state index in [9.17, 15) is 22.8 Å². The van der Waals surface area contributed by atoms with Gasteiger partial charge in [0, 0.05) is 6.08 Å². The second-order valence-corrected chi connectivity index (χ2v) is 4.92. The number of carbonyl (C=O) groups excluding carboxylic acids is 2. The van der Waals surface area contributed by atoms with Gasteiger partial charge in [-0.25, -0.2) is 4.79 Å². The molecular weight excluding hydrogens is 339 g/mol. The zero-order valence-corrected chi connectivity index (χ0v) is 12.9. The molecule has 2 aromatic rings. The predicted octanol–water partition coefficient (Wildman–Crippen LogP) is 3.17. The maximum absolute atomic E-state index is 12.4. The Bertz CT molecular complexity index is 734. The van der Waals surface area contributed by atoms with Crippen LogP contribution in [0.15, 0.2) is 53.2 Å². The molecule has 0 saturated heterocycles. The van der Waals surface area contributed by atoms with Crippen molar-refractivity contribution in [3.8, 4) is 0 Å². The van der Waals surface area contributed by atoms with Crippen LogP contribution in [0, 0.1) is 0 Å². The van der Waals surface area contributed by atoms with Gasteiger partial charge in [0.2, 0.25) is 0 Å². The van der Waals surface area contributed by atoms with E-state index in [-0.39, 0.29) is 6.54 Å². The van der Waals surface area contributed by atoms with Gasteiger partial charge in [0.25, 0.3) is 5.91 Å². The van der Waals surface area contributed by atoms with Crippen LogP contribution in [0.2, 0.25) is 0 Å². The molecule has 0 aliphatic carbocycles. The van der Waals surface area contributed by atoms with E-state index in [1.807, 2.05) is 0 Å². The van der Waals surface area contributed by atoms with E-state index in [0.717, 1.165) is 18.2 Å².